The normalized spacial score (nSPS) is 16.3. The molecule has 0 amide bonds. The smallest absolute Gasteiger partial charge is 0.191 e. The van der Waals surface area contributed by atoms with Gasteiger partial charge in [0.25, 0.3) is 0 Å². The molecule has 29 heavy (non-hydrogen) atoms. The second kappa shape index (κ2) is 11.6. The van der Waals surface area contributed by atoms with Gasteiger partial charge in [-0.15, -0.1) is 0 Å². The highest BCUT2D eigenvalue weighted by atomic mass is 16.3. The van der Waals surface area contributed by atoms with Gasteiger partial charge in [0.15, 0.2) is 5.96 Å². The fraction of sp³-hybridized carbons (Fsp3) is 0.522. The zero-order valence-electron chi connectivity index (χ0n) is 17.8. The molecule has 2 heterocycles. The van der Waals surface area contributed by atoms with Crippen LogP contribution in [0.1, 0.15) is 36.6 Å². The SMILES string of the molecule is CN=C(NCCCN(C)Cc1ccccc1)NCC(c1ccco1)N1CCCC1. The lowest BCUT2D eigenvalue weighted by Crippen LogP contribution is -2.43. The summed E-state index contributed by atoms with van der Waals surface area (Å²) >= 11 is 0. The van der Waals surface area contributed by atoms with E-state index in [1.165, 1.54) is 18.4 Å². The van der Waals surface area contributed by atoms with Crippen molar-refractivity contribution in [2.45, 2.75) is 31.8 Å². The van der Waals surface area contributed by atoms with Gasteiger partial charge in [0.1, 0.15) is 5.76 Å². The van der Waals surface area contributed by atoms with E-state index in [-0.39, 0.29) is 6.04 Å². The maximum absolute atomic E-state index is 5.70. The lowest BCUT2D eigenvalue weighted by Gasteiger charge is -2.26. The molecule has 1 aliphatic heterocycles. The van der Waals surface area contributed by atoms with Gasteiger partial charge in [0.2, 0.25) is 0 Å². The summed E-state index contributed by atoms with van der Waals surface area (Å²) in [5.74, 6) is 1.88. The Labute approximate surface area is 175 Å². The molecule has 1 aromatic carbocycles. The molecule has 2 aromatic rings. The summed E-state index contributed by atoms with van der Waals surface area (Å²) in [7, 11) is 4.00. The first-order chi connectivity index (χ1) is 14.3. The van der Waals surface area contributed by atoms with Crippen molar-refractivity contribution in [1.29, 1.82) is 0 Å². The Morgan fingerprint density at radius 1 is 1.14 bits per heavy atom. The van der Waals surface area contributed by atoms with E-state index in [0.717, 1.165) is 57.4 Å². The van der Waals surface area contributed by atoms with Crippen molar-refractivity contribution in [2.24, 2.45) is 4.99 Å². The molecular weight excluding hydrogens is 362 g/mol. The number of hydrogen-bond donors (Lipinski definition) is 2. The van der Waals surface area contributed by atoms with Crippen molar-refractivity contribution in [2.75, 3.05) is 46.8 Å². The molecule has 0 aliphatic carbocycles. The Morgan fingerprint density at radius 3 is 2.62 bits per heavy atom. The molecule has 0 spiro atoms. The van der Waals surface area contributed by atoms with Crippen LogP contribution in [0.3, 0.4) is 0 Å². The Kier molecular flexibility index (Phi) is 8.58. The molecular formula is C23H35N5O. The monoisotopic (exact) mass is 397 g/mol. The van der Waals surface area contributed by atoms with Crippen LogP contribution in [-0.4, -0.2) is 62.6 Å². The molecule has 2 N–H and O–H groups in total. The number of likely N-dealkylation sites (tertiary alicyclic amines) is 1. The van der Waals surface area contributed by atoms with E-state index in [2.05, 4.69) is 68.9 Å². The number of hydrogen-bond acceptors (Lipinski definition) is 4. The van der Waals surface area contributed by atoms with Crippen LogP contribution in [0.2, 0.25) is 0 Å². The highest BCUT2D eigenvalue weighted by molar-refractivity contribution is 5.79. The van der Waals surface area contributed by atoms with Gasteiger partial charge in [-0.2, -0.15) is 0 Å². The zero-order chi connectivity index (χ0) is 20.3. The van der Waals surface area contributed by atoms with E-state index in [1.54, 1.807) is 6.26 Å². The number of guanidine groups is 1. The topological polar surface area (TPSA) is 56.0 Å². The third-order valence-corrected chi connectivity index (χ3v) is 5.44. The van der Waals surface area contributed by atoms with Crippen LogP contribution in [0.4, 0.5) is 0 Å². The first-order valence-electron chi connectivity index (χ1n) is 10.7. The van der Waals surface area contributed by atoms with E-state index < -0.39 is 0 Å². The Morgan fingerprint density at radius 2 is 1.93 bits per heavy atom. The standard InChI is InChI=1S/C23H35N5O/c1-24-23(25-13-9-14-27(2)19-20-10-4-3-5-11-20)26-18-21(22-12-8-17-29-22)28-15-6-7-16-28/h3-5,8,10-12,17,21H,6-7,9,13-16,18-19H2,1-2H3,(H2,24,25,26). The van der Waals surface area contributed by atoms with Crippen LogP contribution in [0.25, 0.3) is 0 Å². The second-order valence-corrected chi connectivity index (χ2v) is 7.73. The van der Waals surface area contributed by atoms with Gasteiger partial charge in [0.05, 0.1) is 12.3 Å². The molecule has 1 aliphatic rings. The van der Waals surface area contributed by atoms with Gasteiger partial charge < -0.3 is 20.0 Å². The number of nitrogens with zero attached hydrogens (tertiary/aromatic N) is 3. The number of rotatable bonds is 10. The molecule has 1 saturated heterocycles. The Balaban J connectivity index is 1.38. The van der Waals surface area contributed by atoms with Gasteiger partial charge in [0, 0.05) is 26.7 Å². The average molecular weight is 398 g/mol. The minimum Gasteiger partial charge on any atom is -0.468 e. The highest BCUT2D eigenvalue weighted by Gasteiger charge is 2.25. The minimum atomic E-state index is 0.253. The summed E-state index contributed by atoms with van der Waals surface area (Å²) in [5.41, 5.74) is 1.35. The molecule has 0 radical (unpaired) electrons. The largest absolute Gasteiger partial charge is 0.468 e. The summed E-state index contributed by atoms with van der Waals surface area (Å²) in [5, 5.41) is 6.93. The molecule has 0 saturated carbocycles. The lowest BCUT2D eigenvalue weighted by atomic mass is 10.2. The molecule has 1 aromatic heterocycles. The molecule has 6 nitrogen and oxygen atoms in total. The summed E-state index contributed by atoms with van der Waals surface area (Å²) < 4.78 is 5.70. The number of benzene rings is 1. The molecule has 1 unspecified atom stereocenters. The molecule has 1 atom stereocenters. The van der Waals surface area contributed by atoms with Crippen molar-refractivity contribution in [3.05, 3.63) is 60.1 Å². The Bertz CT molecular complexity index is 710. The third-order valence-electron chi connectivity index (χ3n) is 5.44. The van der Waals surface area contributed by atoms with Crippen LogP contribution in [0.15, 0.2) is 58.1 Å². The quantitative estimate of drug-likeness (QED) is 0.367. The van der Waals surface area contributed by atoms with Crippen molar-refractivity contribution < 1.29 is 4.42 Å². The maximum atomic E-state index is 5.70. The summed E-state index contributed by atoms with van der Waals surface area (Å²) in [6.07, 6.45) is 5.36. The number of aliphatic imine (C=N–C) groups is 1. The Hall–Kier alpha value is -2.31. The summed E-state index contributed by atoms with van der Waals surface area (Å²) in [6.45, 7) is 5.98. The zero-order valence-corrected chi connectivity index (χ0v) is 17.8. The fourth-order valence-electron chi connectivity index (χ4n) is 3.89. The predicted molar refractivity (Wildman–Crippen MR) is 119 cm³/mol. The molecule has 1 fully saturated rings. The van der Waals surface area contributed by atoms with Crippen molar-refractivity contribution in [1.82, 2.24) is 20.4 Å². The van der Waals surface area contributed by atoms with Crippen LogP contribution in [0.5, 0.6) is 0 Å². The average Bonchev–Trinajstić information content (AvgIpc) is 3.45. The van der Waals surface area contributed by atoms with Crippen LogP contribution >= 0.6 is 0 Å². The maximum Gasteiger partial charge on any atom is 0.191 e. The highest BCUT2D eigenvalue weighted by Crippen LogP contribution is 2.24. The van der Waals surface area contributed by atoms with Crippen molar-refractivity contribution >= 4 is 5.96 Å². The van der Waals surface area contributed by atoms with Gasteiger partial charge in [-0.3, -0.25) is 9.89 Å². The van der Waals surface area contributed by atoms with E-state index in [0.29, 0.717) is 0 Å². The van der Waals surface area contributed by atoms with Gasteiger partial charge in [-0.25, -0.2) is 0 Å². The lowest BCUT2D eigenvalue weighted by molar-refractivity contribution is 0.215. The molecule has 0 bridgehead atoms. The molecule has 6 heteroatoms. The number of furan rings is 1. The minimum absolute atomic E-state index is 0.253. The van der Waals surface area contributed by atoms with E-state index in [9.17, 15) is 0 Å². The fourth-order valence-corrected chi connectivity index (χ4v) is 3.89. The van der Waals surface area contributed by atoms with E-state index >= 15 is 0 Å². The van der Waals surface area contributed by atoms with Gasteiger partial charge >= 0.3 is 0 Å². The third kappa shape index (κ3) is 6.91. The van der Waals surface area contributed by atoms with Crippen molar-refractivity contribution in [3.8, 4) is 0 Å². The van der Waals surface area contributed by atoms with E-state index in [1.807, 2.05) is 13.1 Å². The van der Waals surface area contributed by atoms with Gasteiger partial charge in [-0.05, 0) is 63.6 Å². The summed E-state index contributed by atoms with van der Waals surface area (Å²) in [6, 6.07) is 14.9. The van der Waals surface area contributed by atoms with Crippen molar-refractivity contribution in [3.63, 3.8) is 0 Å². The van der Waals surface area contributed by atoms with Crippen LogP contribution in [0, 0.1) is 0 Å². The van der Waals surface area contributed by atoms with Crippen LogP contribution < -0.4 is 10.6 Å². The van der Waals surface area contributed by atoms with Gasteiger partial charge in [-0.1, -0.05) is 30.3 Å². The summed E-state index contributed by atoms with van der Waals surface area (Å²) in [4.78, 5) is 9.24. The number of nitrogens with one attached hydrogen (secondary N) is 2. The molecule has 3 rings (SSSR count). The second-order valence-electron chi connectivity index (χ2n) is 7.73. The first-order valence-corrected chi connectivity index (χ1v) is 10.7. The van der Waals surface area contributed by atoms with E-state index in [4.69, 9.17) is 4.42 Å². The molecule has 158 valence electrons. The first kappa shape index (κ1) is 21.4. The van der Waals surface area contributed by atoms with Crippen LogP contribution in [-0.2, 0) is 6.54 Å². The predicted octanol–water partition coefficient (Wildman–Crippen LogP) is 3.10.